The lowest BCUT2D eigenvalue weighted by atomic mass is 10.1. The van der Waals surface area contributed by atoms with Crippen molar-refractivity contribution < 1.29 is 13.2 Å². The van der Waals surface area contributed by atoms with Crippen LogP contribution >= 0.6 is 11.8 Å². The largest absolute Gasteiger partial charge is 0.416 e. The number of rotatable bonds is 4. The van der Waals surface area contributed by atoms with Crippen LogP contribution in [0.5, 0.6) is 0 Å². The van der Waals surface area contributed by atoms with E-state index in [0.717, 1.165) is 12.1 Å². The highest BCUT2D eigenvalue weighted by Crippen LogP contribution is 2.28. The first-order chi connectivity index (χ1) is 9.95. The zero-order chi connectivity index (χ0) is 15.5. The maximum absolute atomic E-state index is 12.5. The molecule has 0 unspecified atom stereocenters. The molecule has 21 heavy (non-hydrogen) atoms. The fourth-order valence-electron chi connectivity index (χ4n) is 1.64. The maximum Gasteiger partial charge on any atom is 0.416 e. The quantitative estimate of drug-likeness (QED) is 0.641. The van der Waals surface area contributed by atoms with Crippen molar-refractivity contribution in [3.63, 3.8) is 0 Å². The molecule has 0 amide bonds. The highest BCUT2D eigenvalue weighted by molar-refractivity contribution is 7.98. The van der Waals surface area contributed by atoms with Gasteiger partial charge >= 0.3 is 6.18 Å². The molecule has 0 saturated carbocycles. The lowest BCUT2D eigenvalue weighted by Gasteiger charge is -2.06. The molecule has 0 fully saturated rings. The van der Waals surface area contributed by atoms with Crippen LogP contribution in [0.15, 0.2) is 34.5 Å². The van der Waals surface area contributed by atoms with Crippen molar-refractivity contribution in [1.82, 2.24) is 14.9 Å². The van der Waals surface area contributed by atoms with Gasteiger partial charge in [-0.2, -0.15) is 22.9 Å². The fraction of sp³-hybridized carbons (Fsp3) is 0.308. The van der Waals surface area contributed by atoms with Crippen molar-refractivity contribution in [1.29, 1.82) is 0 Å². The summed E-state index contributed by atoms with van der Waals surface area (Å²) in [5.41, 5.74) is -0.103. The maximum atomic E-state index is 12.5. The van der Waals surface area contributed by atoms with Gasteiger partial charge in [0.15, 0.2) is 5.82 Å². The predicted molar refractivity (Wildman–Crippen MR) is 75.6 cm³/mol. The smallest absolute Gasteiger partial charge is 0.192 e. The van der Waals surface area contributed by atoms with Crippen LogP contribution in [0.2, 0.25) is 0 Å². The second kappa shape index (κ2) is 6.30. The molecule has 1 aromatic heterocycles. The molecule has 2 aromatic rings. The van der Waals surface area contributed by atoms with E-state index in [2.05, 4.69) is 15.3 Å². The molecule has 0 aliphatic heterocycles. The van der Waals surface area contributed by atoms with E-state index in [0.29, 0.717) is 23.0 Å². The topological polar surface area (TPSA) is 43.1 Å². The number of aromatic nitrogens is 3. The molecule has 2 rings (SSSR count). The van der Waals surface area contributed by atoms with Crippen molar-refractivity contribution >= 4 is 18.0 Å². The summed E-state index contributed by atoms with van der Waals surface area (Å²) in [6.45, 7) is 1.93. The SMILES string of the molecule is CCc1nnc(SC)n1/N=C\c1ccc(C(F)(F)F)cc1. The van der Waals surface area contributed by atoms with Crippen molar-refractivity contribution in [2.75, 3.05) is 6.26 Å². The first kappa shape index (κ1) is 15.6. The zero-order valence-corrected chi connectivity index (χ0v) is 12.2. The van der Waals surface area contributed by atoms with Gasteiger partial charge in [0.05, 0.1) is 11.8 Å². The molecule has 4 nitrogen and oxygen atoms in total. The molecule has 0 saturated heterocycles. The number of thioether (sulfide) groups is 1. The summed E-state index contributed by atoms with van der Waals surface area (Å²) in [5.74, 6) is 0.697. The van der Waals surface area contributed by atoms with E-state index in [4.69, 9.17) is 0 Å². The Hall–Kier alpha value is -1.83. The summed E-state index contributed by atoms with van der Waals surface area (Å²) in [7, 11) is 0. The number of hydrogen-bond acceptors (Lipinski definition) is 4. The van der Waals surface area contributed by atoms with Gasteiger partial charge in [-0.15, -0.1) is 10.2 Å². The molecular formula is C13H13F3N4S. The van der Waals surface area contributed by atoms with Crippen LogP contribution in [0.1, 0.15) is 23.9 Å². The fourth-order valence-corrected chi connectivity index (χ4v) is 2.09. The standard InChI is InChI=1S/C13H13F3N4S/c1-3-11-18-19-12(21-2)20(11)17-8-9-4-6-10(7-5-9)13(14,15)16/h4-8H,3H2,1-2H3/b17-8-. The Labute approximate surface area is 124 Å². The van der Waals surface area contributed by atoms with Crippen molar-refractivity contribution in [3.8, 4) is 0 Å². The summed E-state index contributed by atoms with van der Waals surface area (Å²) in [4.78, 5) is 0. The van der Waals surface area contributed by atoms with Gasteiger partial charge in [-0.25, -0.2) is 0 Å². The van der Waals surface area contributed by atoms with Crippen LogP contribution in [0, 0.1) is 0 Å². The van der Waals surface area contributed by atoms with Crippen LogP contribution in [0.3, 0.4) is 0 Å². The molecular weight excluding hydrogens is 301 g/mol. The van der Waals surface area contributed by atoms with Gasteiger partial charge in [-0.1, -0.05) is 30.8 Å². The normalized spacial score (nSPS) is 12.2. The summed E-state index contributed by atoms with van der Waals surface area (Å²) in [5, 5.41) is 12.8. The molecule has 0 aliphatic rings. The Bertz CT molecular complexity index is 610. The van der Waals surface area contributed by atoms with Gasteiger partial charge in [-0.05, 0) is 24.0 Å². The average molecular weight is 314 g/mol. The third-order valence-corrected chi connectivity index (χ3v) is 3.36. The van der Waals surface area contributed by atoms with Gasteiger partial charge in [0.2, 0.25) is 5.16 Å². The molecule has 1 aromatic carbocycles. The molecule has 0 N–H and O–H groups in total. The summed E-state index contributed by atoms with van der Waals surface area (Å²) < 4.78 is 39.0. The van der Waals surface area contributed by atoms with Crippen LogP contribution in [0.25, 0.3) is 0 Å². The van der Waals surface area contributed by atoms with Gasteiger partial charge in [-0.3, -0.25) is 0 Å². The molecule has 1 heterocycles. The van der Waals surface area contributed by atoms with Crippen LogP contribution in [0.4, 0.5) is 13.2 Å². The number of benzene rings is 1. The summed E-state index contributed by atoms with van der Waals surface area (Å²) in [6.07, 6.45) is -0.320. The second-order valence-corrected chi connectivity index (χ2v) is 4.91. The number of nitrogens with zero attached hydrogens (tertiary/aromatic N) is 4. The van der Waals surface area contributed by atoms with Crippen molar-refractivity contribution in [2.45, 2.75) is 24.7 Å². The number of hydrogen-bond donors (Lipinski definition) is 0. The van der Waals surface area contributed by atoms with Crippen LogP contribution in [-0.2, 0) is 12.6 Å². The van der Waals surface area contributed by atoms with Gasteiger partial charge in [0.25, 0.3) is 0 Å². The Morgan fingerprint density at radius 2 is 1.90 bits per heavy atom. The first-order valence-electron chi connectivity index (χ1n) is 6.15. The highest BCUT2D eigenvalue weighted by atomic mass is 32.2. The number of halogens is 3. The third kappa shape index (κ3) is 3.63. The molecule has 8 heteroatoms. The Kier molecular flexibility index (Phi) is 4.66. The van der Waals surface area contributed by atoms with Gasteiger partial charge < -0.3 is 0 Å². The Morgan fingerprint density at radius 3 is 2.43 bits per heavy atom. The second-order valence-electron chi connectivity index (χ2n) is 4.13. The predicted octanol–water partition coefficient (Wildman–Crippen LogP) is 3.46. The average Bonchev–Trinajstić information content (AvgIpc) is 2.86. The highest BCUT2D eigenvalue weighted by Gasteiger charge is 2.29. The molecule has 112 valence electrons. The molecule has 0 atom stereocenters. The molecule has 0 radical (unpaired) electrons. The molecule has 0 spiro atoms. The molecule has 0 aliphatic carbocycles. The Morgan fingerprint density at radius 1 is 1.24 bits per heavy atom. The first-order valence-corrected chi connectivity index (χ1v) is 7.38. The monoisotopic (exact) mass is 314 g/mol. The van der Waals surface area contributed by atoms with Crippen molar-refractivity contribution in [2.24, 2.45) is 5.10 Å². The minimum absolute atomic E-state index is 0.575. The van der Waals surface area contributed by atoms with E-state index in [1.165, 1.54) is 30.1 Å². The van der Waals surface area contributed by atoms with Crippen molar-refractivity contribution in [3.05, 3.63) is 41.2 Å². The lowest BCUT2D eigenvalue weighted by Crippen LogP contribution is -2.04. The van der Waals surface area contributed by atoms with E-state index in [9.17, 15) is 13.2 Å². The van der Waals surface area contributed by atoms with Gasteiger partial charge in [0.1, 0.15) is 0 Å². The summed E-state index contributed by atoms with van der Waals surface area (Å²) in [6, 6.07) is 4.82. The number of alkyl halides is 3. The van der Waals surface area contributed by atoms with E-state index in [1.807, 2.05) is 13.2 Å². The lowest BCUT2D eigenvalue weighted by molar-refractivity contribution is -0.137. The molecule has 0 bridgehead atoms. The third-order valence-electron chi connectivity index (χ3n) is 2.74. The van der Waals surface area contributed by atoms with Crippen LogP contribution in [-0.4, -0.2) is 27.3 Å². The zero-order valence-electron chi connectivity index (χ0n) is 11.4. The van der Waals surface area contributed by atoms with E-state index in [-0.39, 0.29) is 0 Å². The van der Waals surface area contributed by atoms with Crippen LogP contribution < -0.4 is 0 Å². The van der Waals surface area contributed by atoms with E-state index < -0.39 is 11.7 Å². The Balaban J connectivity index is 2.24. The minimum atomic E-state index is -4.33. The minimum Gasteiger partial charge on any atom is -0.192 e. The van der Waals surface area contributed by atoms with Gasteiger partial charge in [0, 0.05) is 6.42 Å². The number of aryl methyl sites for hydroxylation is 1. The van der Waals surface area contributed by atoms with E-state index >= 15 is 0 Å². The van der Waals surface area contributed by atoms with E-state index in [1.54, 1.807) is 4.68 Å². The summed E-state index contributed by atoms with van der Waals surface area (Å²) >= 11 is 1.40.